The maximum atomic E-state index is 12.8. The van der Waals surface area contributed by atoms with Gasteiger partial charge >= 0.3 is 0 Å². The predicted molar refractivity (Wildman–Crippen MR) is 102 cm³/mol. The zero-order valence-corrected chi connectivity index (χ0v) is 14.9. The second kappa shape index (κ2) is 6.59. The van der Waals surface area contributed by atoms with E-state index in [9.17, 15) is 9.59 Å². The number of carbonyl (C=O) groups excluding carboxylic acids is 1. The molecule has 7 heteroatoms. The average Bonchev–Trinajstić information content (AvgIpc) is 2.63. The van der Waals surface area contributed by atoms with Crippen LogP contribution >= 0.6 is 23.2 Å². The number of hydrogen-bond acceptors (Lipinski definition) is 3. The van der Waals surface area contributed by atoms with Crippen molar-refractivity contribution < 1.29 is 4.79 Å². The summed E-state index contributed by atoms with van der Waals surface area (Å²) in [5, 5.41) is 3.41. The molecule has 1 aliphatic heterocycles. The normalized spacial score (nSPS) is 16.1. The zero-order chi connectivity index (χ0) is 18.3. The third kappa shape index (κ3) is 2.89. The van der Waals surface area contributed by atoms with Crippen molar-refractivity contribution in [2.24, 2.45) is 0 Å². The number of nitrogens with zero attached hydrogens (tertiary/aromatic N) is 1. The first-order valence-corrected chi connectivity index (χ1v) is 8.73. The number of carbonyl (C=O) groups is 1. The molecule has 2 aromatic carbocycles. The molecule has 3 aromatic rings. The number of anilines is 1. The van der Waals surface area contributed by atoms with Gasteiger partial charge in [0.25, 0.3) is 5.56 Å². The second-order valence-corrected chi connectivity index (χ2v) is 6.78. The Bertz CT molecular complexity index is 1060. The van der Waals surface area contributed by atoms with Crippen molar-refractivity contribution in [2.45, 2.75) is 12.3 Å². The van der Waals surface area contributed by atoms with Gasteiger partial charge in [-0.05, 0) is 11.6 Å². The van der Waals surface area contributed by atoms with Crippen LogP contribution in [0.2, 0.25) is 10.0 Å². The number of aromatic nitrogens is 2. The molecule has 0 spiro atoms. The number of fused-ring (bicyclic) bond motifs is 1. The van der Waals surface area contributed by atoms with E-state index in [1.807, 2.05) is 30.3 Å². The standard InChI is InChI=1S/C19H13Cl2N3O2/c20-13-8-4-7-11(16(13)21)12-9-14(25)22-18-15(12)19(26)24-17(23-18)10-5-2-1-3-6-10/h1-8,12H,9H2,(H2,22,23,24,25,26)/t12-/m1/s1. The molecular formula is C19H13Cl2N3O2. The molecule has 1 aliphatic rings. The molecule has 1 amide bonds. The van der Waals surface area contributed by atoms with Gasteiger partial charge in [0.2, 0.25) is 5.91 Å². The molecule has 0 radical (unpaired) electrons. The van der Waals surface area contributed by atoms with Gasteiger partial charge < -0.3 is 10.3 Å². The number of amides is 1. The van der Waals surface area contributed by atoms with Crippen molar-refractivity contribution in [1.29, 1.82) is 0 Å². The van der Waals surface area contributed by atoms with E-state index in [4.69, 9.17) is 23.2 Å². The van der Waals surface area contributed by atoms with E-state index in [1.54, 1.807) is 18.2 Å². The summed E-state index contributed by atoms with van der Waals surface area (Å²) in [4.78, 5) is 32.3. The topological polar surface area (TPSA) is 74.8 Å². The van der Waals surface area contributed by atoms with Gasteiger partial charge in [-0.3, -0.25) is 9.59 Å². The van der Waals surface area contributed by atoms with E-state index in [0.717, 1.165) is 5.56 Å². The summed E-state index contributed by atoms with van der Waals surface area (Å²) in [5.74, 6) is -0.0842. The van der Waals surface area contributed by atoms with Crippen molar-refractivity contribution in [1.82, 2.24) is 9.97 Å². The Labute approximate surface area is 159 Å². The fourth-order valence-electron chi connectivity index (χ4n) is 3.16. The van der Waals surface area contributed by atoms with E-state index >= 15 is 0 Å². The molecule has 0 fully saturated rings. The Morgan fingerprint density at radius 1 is 1.00 bits per heavy atom. The van der Waals surface area contributed by atoms with E-state index in [0.29, 0.717) is 27.0 Å². The number of nitrogens with one attached hydrogen (secondary N) is 2. The van der Waals surface area contributed by atoms with Crippen LogP contribution in [0, 0.1) is 0 Å². The molecule has 1 aromatic heterocycles. The fourth-order valence-corrected chi connectivity index (χ4v) is 3.60. The van der Waals surface area contributed by atoms with E-state index in [-0.39, 0.29) is 23.7 Å². The molecule has 26 heavy (non-hydrogen) atoms. The lowest BCUT2D eigenvalue weighted by Crippen LogP contribution is -2.31. The summed E-state index contributed by atoms with van der Waals surface area (Å²) in [6, 6.07) is 14.4. The lowest BCUT2D eigenvalue weighted by Gasteiger charge is -2.25. The Morgan fingerprint density at radius 3 is 2.54 bits per heavy atom. The van der Waals surface area contributed by atoms with Crippen LogP contribution < -0.4 is 10.9 Å². The summed E-state index contributed by atoms with van der Waals surface area (Å²) < 4.78 is 0. The fraction of sp³-hybridized carbons (Fsp3) is 0.105. The molecule has 2 heterocycles. The van der Waals surface area contributed by atoms with E-state index in [2.05, 4.69) is 15.3 Å². The van der Waals surface area contributed by atoms with Gasteiger partial charge in [0, 0.05) is 17.9 Å². The Morgan fingerprint density at radius 2 is 1.77 bits per heavy atom. The van der Waals surface area contributed by atoms with Gasteiger partial charge in [-0.25, -0.2) is 4.98 Å². The molecular weight excluding hydrogens is 373 g/mol. The molecule has 2 N–H and O–H groups in total. The molecule has 130 valence electrons. The third-order valence-corrected chi connectivity index (χ3v) is 5.19. The van der Waals surface area contributed by atoms with Crippen molar-refractivity contribution in [2.75, 3.05) is 5.32 Å². The van der Waals surface area contributed by atoms with Crippen LogP contribution in [0.15, 0.2) is 53.3 Å². The van der Waals surface area contributed by atoms with Crippen molar-refractivity contribution in [3.63, 3.8) is 0 Å². The van der Waals surface area contributed by atoms with Crippen LogP contribution in [0.4, 0.5) is 5.82 Å². The van der Waals surface area contributed by atoms with Gasteiger partial charge in [0.1, 0.15) is 11.6 Å². The highest BCUT2D eigenvalue weighted by molar-refractivity contribution is 6.42. The largest absolute Gasteiger partial charge is 0.310 e. The minimum Gasteiger partial charge on any atom is -0.310 e. The highest BCUT2D eigenvalue weighted by Gasteiger charge is 2.32. The van der Waals surface area contributed by atoms with Crippen molar-refractivity contribution in [3.05, 3.63) is 80.1 Å². The first kappa shape index (κ1) is 16.8. The summed E-state index contributed by atoms with van der Waals surface area (Å²) in [7, 11) is 0. The maximum Gasteiger partial charge on any atom is 0.257 e. The van der Waals surface area contributed by atoms with Crippen LogP contribution in [0.25, 0.3) is 11.4 Å². The van der Waals surface area contributed by atoms with Crippen LogP contribution in [-0.2, 0) is 4.79 Å². The Kier molecular flexibility index (Phi) is 4.26. The molecule has 5 nitrogen and oxygen atoms in total. The van der Waals surface area contributed by atoms with Gasteiger partial charge in [0.05, 0.1) is 15.6 Å². The second-order valence-electron chi connectivity index (χ2n) is 5.99. The van der Waals surface area contributed by atoms with E-state index < -0.39 is 5.92 Å². The van der Waals surface area contributed by atoms with Gasteiger partial charge in [-0.1, -0.05) is 65.7 Å². The van der Waals surface area contributed by atoms with Gasteiger partial charge in [-0.15, -0.1) is 0 Å². The van der Waals surface area contributed by atoms with Gasteiger partial charge in [-0.2, -0.15) is 0 Å². The highest BCUT2D eigenvalue weighted by Crippen LogP contribution is 2.39. The van der Waals surface area contributed by atoms with Crippen LogP contribution in [0.3, 0.4) is 0 Å². The highest BCUT2D eigenvalue weighted by atomic mass is 35.5. The van der Waals surface area contributed by atoms with Crippen molar-refractivity contribution >= 4 is 34.9 Å². The van der Waals surface area contributed by atoms with Gasteiger partial charge in [0.15, 0.2) is 0 Å². The number of benzene rings is 2. The number of H-pyrrole nitrogens is 1. The molecule has 0 bridgehead atoms. The molecule has 0 saturated carbocycles. The molecule has 0 unspecified atom stereocenters. The number of hydrogen-bond donors (Lipinski definition) is 2. The van der Waals surface area contributed by atoms with Crippen LogP contribution in [0.5, 0.6) is 0 Å². The number of halogens is 2. The summed E-state index contributed by atoms with van der Waals surface area (Å²) >= 11 is 12.4. The van der Waals surface area contributed by atoms with Crippen LogP contribution in [-0.4, -0.2) is 15.9 Å². The zero-order valence-electron chi connectivity index (χ0n) is 13.4. The molecule has 1 atom stereocenters. The Hall–Kier alpha value is -2.63. The number of rotatable bonds is 2. The van der Waals surface area contributed by atoms with Crippen molar-refractivity contribution in [3.8, 4) is 11.4 Å². The minimum atomic E-state index is -0.508. The molecule has 0 aliphatic carbocycles. The first-order valence-electron chi connectivity index (χ1n) is 7.98. The SMILES string of the molecule is O=C1C[C@H](c2cccc(Cl)c2Cl)c2c(nc(-c3ccccc3)[nH]c2=O)N1. The van der Waals surface area contributed by atoms with E-state index in [1.165, 1.54) is 0 Å². The lowest BCUT2D eigenvalue weighted by atomic mass is 9.86. The smallest absolute Gasteiger partial charge is 0.257 e. The monoisotopic (exact) mass is 385 g/mol. The Balaban J connectivity index is 1.90. The summed E-state index contributed by atoms with van der Waals surface area (Å²) in [6.45, 7) is 0. The molecule has 4 rings (SSSR count). The first-order chi connectivity index (χ1) is 12.5. The quantitative estimate of drug-likeness (QED) is 0.693. The average molecular weight is 386 g/mol. The van der Waals surface area contributed by atoms with Crippen LogP contribution in [0.1, 0.15) is 23.5 Å². The summed E-state index contributed by atoms with van der Waals surface area (Å²) in [5.41, 5.74) is 1.46. The lowest BCUT2D eigenvalue weighted by molar-refractivity contribution is -0.116. The maximum absolute atomic E-state index is 12.8. The third-order valence-electron chi connectivity index (χ3n) is 4.36. The summed E-state index contributed by atoms with van der Waals surface area (Å²) in [6.07, 6.45) is 0.0997. The predicted octanol–water partition coefficient (Wildman–Crippen LogP) is 4.22. The molecule has 0 saturated heterocycles. The minimum absolute atomic E-state index is 0.0997. The number of aromatic amines is 1.